The van der Waals surface area contributed by atoms with Crippen molar-refractivity contribution in [3.63, 3.8) is 0 Å². The Kier molecular flexibility index (Phi) is 4.78. The second-order valence-electron chi connectivity index (χ2n) is 3.20. The smallest absolute Gasteiger partial charge is 0.171 e. The predicted molar refractivity (Wildman–Crippen MR) is 68.5 cm³/mol. The van der Waals surface area contributed by atoms with Crippen LogP contribution in [0.25, 0.3) is 0 Å². The molecular weight excluding hydrogens is 230 g/mol. The minimum Gasteiger partial charge on any atom is -0.362 e. The van der Waals surface area contributed by atoms with Crippen LogP contribution in [0.3, 0.4) is 0 Å². The molecule has 2 N–H and O–H groups in total. The van der Waals surface area contributed by atoms with Crippen LogP contribution in [0.15, 0.2) is 12.3 Å². The molecule has 0 aromatic carbocycles. The Morgan fingerprint density at radius 2 is 2.33 bits per heavy atom. The lowest BCUT2D eigenvalue weighted by atomic mass is 10.3. The molecule has 0 aliphatic heterocycles. The summed E-state index contributed by atoms with van der Waals surface area (Å²) < 4.78 is 0. The van der Waals surface area contributed by atoms with Gasteiger partial charge in [-0.2, -0.15) is 0 Å². The number of halogens is 1. The molecule has 0 aliphatic carbocycles. The number of nitrogens with zero attached hydrogens (tertiary/aromatic N) is 1. The topological polar surface area (TPSA) is 37.0 Å². The summed E-state index contributed by atoms with van der Waals surface area (Å²) in [5.74, 6) is 0.744. The Labute approximate surface area is 100 Å². The van der Waals surface area contributed by atoms with Gasteiger partial charge in [-0.15, -0.1) is 0 Å². The molecule has 0 atom stereocenters. The van der Waals surface area contributed by atoms with E-state index in [9.17, 15) is 0 Å². The van der Waals surface area contributed by atoms with Crippen molar-refractivity contribution in [3.8, 4) is 0 Å². The number of nitrogens with one attached hydrogen (secondary N) is 2. The summed E-state index contributed by atoms with van der Waals surface area (Å²) in [7, 11) is 0. The van der Waals surface area contributed by atoms with Crippen LogP contribution in [0.2, 0.25) is 5.02 Å². The zero-order valence-electron chi connectivity index (χ0n) is 8.80. The molecule has 0 saturated carbocycles. The zero-order valence-corrected chi connectivity index (χ0v) is 10.4. The van der Waals surface area contributed by atoms with E-state index in [1.54, 1.807) is 6.20 Å². The summed E-state index contributed by atoms with van der Waals surface area (Å²) in [5.41, 5.74) is 0.975. The Balaban J connectivity index is 2.60. The highest BCUT2D eigenvalue weighted by Crippen LogP contribution is 2.15. The van der Waals surface area contributed by atoms with E-state index in [0.29, 0.717) is 10.1 Å². The molecule has 0 bridgehead atoms. The number of aromatic nitrogens is 1. The lowest BCUT2D eigenvalue weighted by Gasteiger charge is -2.10. The van der Waals surface area contributed by atoms with Gasteiger partial charge in [-0.25, -0.2) is 4.98 Å². The van der Waals surface area contributed by atoms with Gasteiger partial charge in [0.05, 0.1) is 5.02 Å². The lowest BCUT2D eigenvalue weighted by molar-refractivity contribution is 0.846. The van der Waals surface area contributed by atoms with Crippen molar-refractivity contribution in [2.45, 2.75) is 20.3 Å². The van der Waals surface area contributed by atoms with E-state index in [0.717, 1.165) is 24.3 Å². The third kappa shape index (κ3) is 4.01. The first-order valence-electron chi connectivity index (χ1n) is 4.80. The third-order valence-electron chi connectivity index (χ3n) is 1.81. The zero-order chi connectivity index (χ0) is 11.3. The Morgan fingerprint density at radius 3 is 2.93 bits per heavy atom. The summed E-state index contributed by atoms with van der Waals surface area (Å²) in [6.07, 6.45) is 2.63. The van der Waals surface area contributed by atoms with E-state index in [4.69, 9.17) is 23.8 Å². The first kappa shape index (κ1) is 12.2. The maximum absolute atomic E-state index is 5.80. The summed E-state index contributed by atoms with van der Waals surface area (Å²) in [4.78, 5) is 4.16. The van der Waals surface area contributed by atoms with Gasteiger partial charge in [0, 0.05) is 12.7 Å². The molecule has 0 aliphatic rings. The highest BCUT2D eigenvalue weighted by molar-refractivity contribution is 7.80. The fraction of sp³-hybridized carbons (Fsp3) is 0.400. The minimum absolute atomic E-state index is 0.592. The van der Waals surface area contributed by atoms with E-state index in [1.165, 1.54) is 0 Å². The van der Waals surface area contributed by atoms with Crippen molar-refractivity contribution in [1.82, 2.24) is 10.3 Å². The molecule has 82 valence electrons. The fourth-order valence-corrected chi connectivity index (χ4v) is 1.47. The molecule has 3 nitrogen and oxygen atoms in total. The Hall–Kier alpha value is -0.870. The van der Waals surface area contributed by atoms with Gasteiger partial charge in [0.2, 0.25) is 0 Å². The molecule has 0 spiro atoms. The largest absolute Gasteiger partial charge is 0.362 e. The number of hydrogen-bond donors (Lipinski definition) is 2. The van der Waals surface area contributed by atoms with Gasteiger partial charge in [-0.05, 0) is 37.2 Å². The van der Waals surface area contributed by atoms with Crippen LogP contribution < -0.4 is 10.6 Å². The predicted octanol–water partition coefficient (Wildman–Crippen LogP) is 2.74. The monoisotopic (exact) mass is 243 g/mol. The van der Waals surface area contributed by atoms with Gasteiger partial charge in [-0.3, -0.25) is 0 Å². The van der Waals surface area contributed by atoms with Crippen molar-refractivity contribution in [2.75, 3.05) is 11.9 Å². The molecule has 1 rings (SSSR count). The number of hydrogen-bond acceptors (Lipinski definition) is 2. The van der Waals surface area contributed by atoms with Crippen LogP contribution in [-0.2, 0) is 0 Å². The van der Waals surface area contributed by atoms with Gasteiger partial charge < -0.3 is 10.6 Å². The van der Waals surface area contributed by atoms with Crippen LogP contribution >= 0.6 is 23.8 Å². The third-order valence-corrected chi connectivity index (χ3v) is 2.27. The number of anilines is 1. The van der Waals surface area contributed by atoms with E-state index < -0.39 is 0 Å². The first-order valence-corrected chi connectivity index (χ1v) is 5.59. The molecule has 1 aromatic rings. The van der Waals surface area contributed by atoms with E-state index >= 15 is 0 Å². The lowest BCUT2D eigenvalue weighted by Crippen LogP contribution is -2.29. The molecule has 0 amide bonds. The number of rotatable bonds is 3. The van der Waals surface area contributed by atoms with Crippen LogP contribution in [0, 0.1) is 6.92 Å². The van der Waals surface area contributed by atoms with Crippen LogP contribution in [0.5, 0.6) is 0 Å². The Morgan fingerprint density at radius 1 is 1.60 bits per heavy atom. The molecule has 0 unspecified atom stereocenters. The van der Waals surface area contributed by atoms with Crippen molar-refractivity contribution in [3.05, 3.63) is 22.8 Å². The summed E-state index contributed by atoms with van der Waals surface area (Å²) in [6.45, 7) is 4.88. The van der Waals surface area contributed by atoms with Crippen molar-refractivity contribution in [1.29, 1.82) is 0 Å². The average molecular weight is 244 g/mol. The summed E-state index contributed by atoms with van der Waals surface area (Å²) in [5, 5.41) is 7.32. The molecule has 0 saturated heterocycles. The van der Waals surface area contributed by atoms with Gasteiger partial charge in [0.15, 0.2) is 5.11 Å². The van der Waals surface area contributed by atoms with Crippen molar-refractivity contribution in [2.24, 2.45) is 0 Å². The molecule has 1 heterocycles. The van der Waals surface area contributed by atoms with Gasteiger partial charge >= 0.3 is 0 Å². The SMILES string of the molecule is CCCNC(=S)Nc1ncc(Cl)cc1C. The highest BCUT2D eigenvalue weighted by atomic mass is 35.5. The summed E-state index contributed by atoms with van der Waals surface area (Å²) >= 11 is 10.9. The van der Waals surface area contributed by atoms with Crippen LogP contribution in [0.1, 0.15) is 18.9 Å². The normalized spacial score (nSPS) is 9.80. The quantitative estimate of drug-likeness (QED) is 0.801. The first-order chi connectivity index (χ1) is 7.13. The molecular formula is C10H14ClN3S. The molecule has 0 radical (unpaired) electrons. The number of thiocarbonyl (C=S) groups is 1. The van der Waals surface area contributed by atoms with Crippen molar-refractivity contribution >= 4 is 34.7 Å². The van der Waals surface area contributed by atoms with E-state index in [-0.39, 0.29) is 0 Å². The second kappa shape index (κ2) is 5.88. The maximum atomic E-state index is 5.80. The summed E-state index contributed by atoms with van der Waals surface area (Å²) in [6, 6.07) is 1.85. The highest BCUT2D eigenvalue weighted by Gasteiger charge is 2.02. The minimum atomic E-state index is 0.592. The van der Waals surface area contributed by atoms with Gasteiger partial charge in [0.1, 0.15) is 5.82 Å². The van der Waals surface area contributed by atoms with E-state index in [1.807, 2.05) is 13.0 Å². The van der Waals surface area contributed by atoms with Crippen LogP contribution in [-0.4, -0.2) is 16.6 Å². The fourth-order valence-electron chi connectivity index (χ4n) is 1.06. The van der Waals surface area contributed by atoms with Gasteiger partial charge in [0.25, 0.3) is 0 Å². The van der Waals surface area contributed by atoms with Crippen LogP contribution in [0.4, 0.5) is 5.82 Å². The molecule has 0 fully saturated rings. The van der Waals surface area contributed by atoms with E-state index in [2.05, 4.69) is 22.5 Å². The maximum Gasteiger partial charge on any atom is 0.171 e. The number of pyridine rings is 1. The number of aryl methyl sites for hydroxylation is 1. The van der Waals surface area contributed by atoms with Crippen molar-refractivity contribution < 1.29 is 0 Å². The molecule has 1 aromatic heterocycles. The average Bonchev–Trinajstić information content (AvgIpc) is 2.19. The molecule has 15 heavy (non-hydrogen) atoms. The Bertz CT molecular complexity index is 355. The standard InChI is InChI=1S/C10H14ClN3S/c1-3-4-12-10(15)14-9-7(2)5-8(11)6-13-9/h5-6H,3-4H2,1-2H3,(H2,12,13,14,15). The second-order valence-corrected chi connectivity index (χ2v) is 4.04. The molecule has 5 heteroatoms. The van der Waals surface area contributed by atoms with Gasteiger partial charge in [-0.1, -0.05) is 18.5 Å².